The topological polar surface area (TPSA) is 185 Å². The summed E-state index contributed by atoms with van der Waals surface area (Å²) in [6, 6.07) is 5.05. The molecule has 2 aromatic rings. The molecule has 8 rings (SSSR count). The Labute approximate surface area is 340 Å². The summed E-state index contributed by atoms with van der Waals surface area (Å²) >= 11 is 0. The number of sulfonamides is 1. The maximum atomic E-state index is 15.3. The molecule has 4 amide bonds. The molecule has 4 saturated carbocycles. The first-order chi connectivity index (χ1) is 27.7. The molecule has 0 radical (unpaired) electrons. The zero-order valence-corrected chi connectivity index (χ0v) is 34.5. The Hall–Kier alpha value is -4.40. The fourth-order valence-electron chi connectivity index (χ4n) is 9.48. The van der Waals surface area contributed by atoms with Crippen LogP contribution in [0.2, 0.25) is 0 Å². The summed E-state index contributed by atoms with van der Waals surface area (Å²) in [6.45, 7) is 5.60. The van der Waals surface area contributed by atoms with Gasteiger partial charge >= 0.3 is 6.09 Å². The van der Waals surface area contributed by atoms with Crippen LogP contribution in [0.25, 0.3) is 10.8 Å². The predicted octanol–water partition coefficient (Wildman–Crippen LogP) is 5.69. The normalized spacial score (nSPS) is 31.5. The van der Waals surface area contributed by atoms with Crippen molar-refractivity contribution in [3.8, 4) is 11.6 Å². The largest absolute Gasteiger partial charge is 0.488 e. The number of hydrogen-bond acceptors (Lipinski definition) is 9. The number of allylic oxidation sites excluding steroid dienone is 1. The summed E-state index contributed by atoms with van der Waals surface area (Å²) in [5.74, 6) is -1.63. The van der Waals surface area contributed by atoms with Crippen molar-refractivity contribution in [1.82, 2.24) is 24.8 Å². The minimum absolute atomic E-state index is 0.0284. The number of carbonyl (C=O) groups excluding carboxylic acids is 3. The molecule has 58 heavy (non-hydrogen) atoms. The van der Waals surface area contributed by atoms with Gasteiger partial charge in [0.15, 0.2) is 0 Å². The second-order valence-electron chi connectivity index (χ2n) is 18.2. The van der Waals surface area contributed by atoms with Gasteiger partial charge in [0.25, 0.3) is 5.91 Å². The second kappa shape index (κ2) is 15.6. The van der Waals surface area contributed by atoms with Crippen molar-refractivity contribution in [3.05, 3.63) is 42.6 Å². The minimum Gasteiger partial charge on any atom is -0.488 e. The SMILES string of the molecule is C[C@@H]1CCC=C[C@@H]2C[C@@]2(C(=O)NS(=O)(=O)C2(C)CC2)NC(=O)[C@@H]2C[C@@H](Oc3ncc(OC4CC4)c4ccccc34)CN2C(=O)[C@@H](N(C(=O)O)C2CCCCC2)[C@H](C)C1. The van der Waals surface area contributed by atoms with Gasteiger partial charge in [-0.15, -0.1) is 0 Å². The Morgan fingerprint density at radius 1 is 0.983 bits per heavy atom. The van der Waals surface area contributed by atoms with Gasteiger partial charge in [-0.05, 0) is 89.0 Å². The molecule has 15 heteroatoms. The summed E-state index contributed by atoms with van der Waals surface area (Å²) in [7, 11) is -4.01. The first-order valence-electron chi connectivity index (χ1n) is 21.3. The standard InChI is InChI=1S/C43H57N5O9S/c1-26-11-7-8-12-28-23-43(28,40(51)46-58(54,55)42(3)19-20-42)45-37(49)34-22-31(57-38-33-16-10-9-15-32(33)35(24-44-38)56-30-17-18-30)25-47(34)39(50)36(27(2)21-26)48(41(52)53)29-13-5-4-6-14-29/h8-10,12,15-16,24,26-31,34,36H,4-7,11,13-14,17-23,25H2,1-3H3,(H,45,49)(H,46,51)(H,52,53)/t26-,27-,28-,31-,34+,36+,43-/m1/s1. The number of fused-ring (bicyclic) bond motifs is 3. The number of hydrogen-bond donors (Lipinski definition) is 3. The van der Waals surface area contributed by atoms with Crippen LogP contribution in [0, 0.1) is 17.8 Å². The third-order valence-corrected chi connectivity index (χ3v) is 15.7. The summed E-state index contributed by atoms with van der Waals surface area (Å²) < 4.78 is 40.5. The lowest BCUT2D eigenvalue weighted by Gasteiger charge is -2.42. The van der Waals surface area contributed by atoms with E-state index in [1.807, 2.05) is 43.3 Å². The van der Waals surface area contributed by atoms with Crippen LogP contribution < -0.4 is 19.5 Å². The molecule has 314 valence electrons. The van der Waals surface area contributed by atoms with Crippen molar-refractivity contribution < 1.29 is 42.2 Å². The molecule has 14 nitrogen and oxygen atoms in total. The van der Waals surface area contributed by atoms with E-state index >= 15 is 4.79 Å². The van der Waals surface area contributed by atoms with Crippen molar-refractivity contribution >= 4 is 44.6 Å². The highest BCUT2D eigenvalue weighted by atomic mass is 32.2. The highest BCUT2D eigenvalue weighted by molar-refractivity contribution is 7.91. The second-order valence-corrected chi connectivity index (χ2v) is 20.4. The summed E-state index contributed by atoms with van der Waals surface area (Å²) in [5, 5.41) is 15.3. The number of aromatic nitrogens is 1. The van der Waals surface area contributed by atoms with Crippen LogP contribution in [0.15, 0.2) is 42.6 Å². The fraction of sp³-hybridized carbons (Fsp3) is 0.651. The molecular formula is C43H57N5O9S. The van der Waals surface area contributed by atoms with Gasteiger partial charge in [0.05, 0.1) is 23.6 Å². The highest BCUT2D eigenvalue weighted by Gasteiger charge is 2.63. The molecular weight excluding hydrogens is 763 g/mol. The van der Waals surface area contributed by atoms with Gasteiger partial charge in [-0.3, -0.25) is 24.0 Å². The van der Waals surface area contributed by atoms with Gasteiger partial charge in [-0.2, -0.15) is 0 Å². The van der Waals surface area contributed by atoms with Gasteiger partial charge in [-0.25, -0.2) is 18.2 Å². The summed E-state index contributed by atoms with van der Waals surface area (Å²) in [5.41, 5.74) is -1.54. The Kier molecular flexibility index (Phi) is 10.9. The Bertz CT molecular complexity index is 2080. The van der Waals surface area contributed by atoms with Crippen molar-refractivity contribution in [2.24, 2.45) is 17.8 Å². The number of nitrogens with zero attached hydrogens (tertiary/aromatic N) is 3. The van der Waals surface area contributed by atoms with Gasteiger partial charge in [0.2, 0.25) is 27.7 Å². The predicted molar refractivity (Wildman–Crippen MR) is 215 cm³/mol. The average molecular weight is 820 g/mol. The number of carboxylic acid groups (broad SMARTS) is 1. The Balaban J connectivity index is 1.15. The Morgan fingerprint density at radius 2 is 1.71 bits per heavy atom. The molecule has 5 fully saturated rings. The van der Waals surface area contributed by atoms with E-state index in [4.69, 9.17) is 9.47 Å². The van der Waals surface area contributed by atoms with E-state index in [-0.39, 0.29) is 43.4 Å². The smallest absolute Gasteiger partial charge is 0.408 e. The van der Waals surface area contributed by atoms with Crippen LogP contribution in [0.4, 0.5) is 4.79 Å². The maximum absolute atomic E-state index is 15.3. The maximum Gasteiger partial charge on any atom is 0.408 e. The number of carbonyl (C=O) groups is 4. The van der Waals surface area contributed by atoms with Gasteiger partial charge < -0.3 is 24.8 Å². The van der Waals surface area contributed by atoms with Gasteiger partial charge in [-0.1, -0.05) is 63.5 Å². The molecule has 0 bridgehead atoms. The van der Waals surface area contributed by atoms with Gasteiger partial charge in [0, 0.05) is 29.2 Å². The van der Waals surface area contributed by atoms with Crippen LogP contribution >= 0.6 is 0 Å². The Morgan fingerprint density at radius 3 is 2.40 bits per heavy atom. The lowest BCUT2D eigenvalue weighted by Crippen LogP contribution is -2.61. The molecule has 3 N–H and O–H groups in total. The number of amides is 4. The minimum atomic E-state index is -4.01. The lowest BCUT2D eigenvalue weighted by atomic mass is 9.85. The molecule has 3 heterocycles. The zero-order chi connectivity index (χ0) is 41.0. The molecule has 1 saturated heterocycles. The van der Waals surface area contributed by atoms with E-state index in [0.717, 1.165) is 43.9 Å². The molecule has 0 spiro atoms. The number of nitrogens with one attached hydrogen (secondary N) is 2. The van der Waals surface area contributed by atoms with Crippen molar-refractivity contribution in [2.75, 3.05) is 6.54 Å². The van der Waals surface area contributed by atoms with E-state index in [2.05, 4.69) is 21.9 Å². The summed E-state index contributed by atoms with van der Waals surface area (Å²) in [6.07, 6.45) is 12.9. The van der Waals surface area contributed by atoms with E-state index in [1.165, 1.54) is 9.80 Å². The zero-order valence-electron chi connectivity index (χ0n) is 33.7. The number of pyridine rings is 1. The fourth-order valence-corrected chi connectivity index (χ4v) is 10.8. The van der Waals surface area contributed by atoms with Crippen LogP contribution in [-0.4, -0.2) is 99.3 Å². The van der Waals surface area contributed by atoms with Crippen LogP contribution in [0.5, 0.6) is 11.6 Å². The van der Waals surface area contributed by atoms with Crippen molar-refractivity contribution in [2.45, 2.75) is 151 Å². The van der Waals surface area contributed by atoms with E-state index in [9.17, 15) is 27.9 Å². The molecule has 1 aromatic carbocycles. The number of rotatable bonds is 9. The van der Waals surface area contributed by atoms with Crippen LogP contribution in [0.1, 0.15) is 111 Å². The third-order valence-electron chi connectivity index (χ3n) is 13.5. The van der Waals surface area contributed by atoms with E-state index in [1.54, 1.807) is 13.1 Å². The molecule has 6 aliphatic rings. The van der Waals surface area contributed by atoms with E-state index < -0.39 is 68.2 Å². The van der Waals surface area contributed by atoms with Crippen molar-refractivity contribution in [1.29, 1.82) is 0 Å². The molecule has 0 unspecified atom stereocenters. The molecule has 4 aliphatic carbocycles. The number of ether oxygens (including phenoxy) is 2. The molecule has 7 atom stereocenters. The van der Waals surface area contributed by atoms with Crippen LogP contribution in [0.3, 0.4) is 0 Å². The van der Waals surface area contributed by atoms with Crippen molar-refractivity contribution in [3.63, 3.8) is 0 Å². The first-order valence-corrected chi connectivity index (χ1v) is 22.8. The quantitative estimate of drug-likeness (QED) is 0.266. The number of benzene rings is 1. The first kappa shape index (κ1) is 40.4. The lowest BCUT2D eigenvalue weighted by molar-refractivity contribution is -0.145. The third kappa shape index (κ3) is 7.99. The summed E-state index contributed by atoms with van der Waals surface area (Å²) in [4.78, 5) is 64.7. The monoisotopic (exact) mass is 819 g/mol. The van der Waals surface area contributed by atoms with Gasteiger partial charge in [0.1, 0.15) is 29.5 Å². The molecule has 2 aliphatic heterocycles. The average Bonchev–Trinajstić information content (AvgIpc) is 4.15. The highest BCUT2D eigenvalue weighted by Crippen LogP contribution is 2.48. The molecule has 1 aromatic heterocycles. The van der Waals surface area contributed by atoms with E-state index in [0.29, 0.717) is 55.5 Å². The van der Waals surface area contributed by atoms with Crippen LogP contribution in [-0.2, 0) is 24.4 Å².